The Hall–Kier alpha value is -0.740. The fourth-order valence-electron chi connectivity index (χ4n) is 2.17. The maximum absolute atomic E-state index is 5.37. The molecule has 1 aromatic rings. The SMILES string of the molecule is COc1ccc(Br)cc1NC1CCN(C)CC1. The number of piperidine rings is 1. The Morgan fingerprint density at radius 3 is 2.71 bits per heavy atom. The maximum atomic E-state index is 5.37. The number of anilines is 1. The van der Waals surface area contributed by atoms with Crippen molar-refractivity contribution in [3.8, 4) is 5.75 Å². The van der Waals surface area contributed by atoms with Gasteiger partial charge >= 0.3 is 0 Å². The van der Waals surface area contributed by atoms with Gasteiger partial charge in [0.25, 0.3) is 0 Å². The number of nitrogens with zero attached hydrogens (tertiary/aromatic N) is 1. The molecule has 0 atom stereocenters. The lowest BCUT2D eigenvalue weighted by Gasteiger charge is -2.30. The molecule has 3 nitrogen and oxygen atoms in total. The van der Waals surface area contributed by atoms with Gasteiger partial charge in [0.2, 0.25) is 0 Å². The van der Waals surface area contributed by atoms with Crippen LogP contribution in [0.4, 0.5) is 5.69 Å². The Balaban J connectivity index is 2.04. The van der Waals surface area contributed by atoms with Crippen molar-refractivity contribution in [1.29, 1.82) is 0 Å². The molecule has 0 radical (unpaired) electrons. The number of rotatable bonds is 3. The molecule has 94 valence electrons. The topological polar surface area (TPSA) is 24.5 Å². The number of benzene rings is 1. The van der Waals surface area contributed by atoms with Crippen LogP contribution in [0.5, 0.6) is 5.75 Å². The van der Waals surface area contributed by atoms with E-state index in [1.807, 2.05) is 12.1 Å². The number of ether oxygens (including phenoxy) is 1. The van der Waals surface area contributed by atoms with E-state index in [9.17, 15) is 0 Å². The van der Waals surface area contributed by atoms with Crippen LogP contribution in [0.2, 0.25) is 0 Å². The van der Waals surface area contributed by atoms with Crippen LogP contribution in [-0.2, 0) is 0 Å². The lowest BCUT2D eigenvalue weighted by molar-refractivity contribution is 0.263. The van der Waals surface area contributed by atoms with Crippen LogP contribution in [-0.4, -0.2) is 38.2 Å². The molecule has 2 rings (SSSR count). The van der Waals surface area contributed by atoms with E-state index in [0.29, 0.717) is 6.04 Å². The molecule has 1 heterocycles. The van der Waals surface area contributed by atoms with Gasteiger partial charge < -0.3 is 15.0 Å². The first-order valence-corrected chi connectivity index (χ1v) is 6.77. The van der Waals surface area contributed by atoms with Crippen molar-refractivity contribution in [1.82, 2.24) is 4.90 Å². The molecule has 0 bridgehead atoms. The van der Waals surface area contributed by atoms with E-state index in [4.69, 9.17) is 4.74 Å². The zero-order valence-electron chi connectivity index (χ0n) is 10.4. The third-order valence-corrected chi connectivity index (χ3v) is 3.73. The van der Waals surface area contributed by atoms with E-state index in [1.165, 1.54) is 12.8 Å². The van der Waals surface area contributed by atoms with Crippen LogP contribution in [0.15, 0.2) is 22.7 Å². The molecule has 1 saturated heterocycles. The summed E-state index contributed by atoms with van der Waals surface area (Å²) in [5.41, 5.74) is 1.08. The summed E-state index contributed by atoms with van der Waals surface area (Å²) in [7, 11) is 3.89. The molecule has 0 aromatic heterocycles. The van der Waals surface area contributed by atoms with Gasteiger partial charge in [-0.15, -0.1) is 0 Å². The largest absolute Gasteiger partial charge is 0.495 e. The molecule has 4 heteroatoms. The van der Waals surface area contributed by atoms with Gasteiger partial charge in [-0.2, -0.15) is 0 Å². The fourth-order valence-corrected chi connectivity index (χ4v) is 2.53. The molecule has 0 saturated carbocycles. The highest BCUT2D eigenvalue weighted by Gasteiger charge is 2.17. The second kappa shape index (κ2) is 5.74. The van der Waals surface area contributed by atoms with Crippen molar-refractivity contribution in [2.45, 2.75) is 18.9 Å². The van der Waals surface area contributed by atoms with Crippen molar-refractivity contribution in [2.24, 2.45) is 0 Å². The van der Waals surface area contributed by atoms with Crippen LogP contribution >= 0.6 is 15.9 Å². The van der Waals surface area contributed by atoms with Gasteiger partial charge in [-0.05, 0) is 51.2 Å². The predicted octanol–water partition coefficient (Wildman–Crippen LogP) is 2.96. The van der Waals surface area contributed by atoms with Crippen LogP contribution in [0.3, 0.4) is 0 Å². The standard InChI is InChI=1S/C13H19BrN2O/c1-16-7-5-11(6-8-16)15-12-9-10(14)3-4-13(12)17-2/h3-4,9,11,15H,5-8H2,1-2H3. The minimum Gasteiger partial charge on any atom is -0.495 e. The Labute approximate surface area is 111 Å². The molecule has 17 heavy (non-hydrogen) atoms. The zero-order chi connectivity index (χ0) is 12.3. The minimum atomic E-state index is 0.550. The van der Waals surface area contributed by atoms with Gasteiger partial charge in [-0.25, -0.2) is 0 Å². The minimum absolute atomic E-state index is 0.550. The average Bonchev–Trinajstić information content (AvgIpc) is 2.32. The highest BCUT2D eigenvalue weighted by Crippen LogP contribution is 2.29. The van der Waals surface area contributed by atoms with Crippen molar-refractivity contribution in [2.75, 3.05) is 32.6 Å². The number of likely N-dealkylation sites (tertiary alicyclic amines) is 1. The summed E-state index contributed by atoms with van der Waals surface area (Å²) in [6.45, 7) is 2.32. The number of methoxy groups -OCH3 is 1. The van der Waals surface area contributed by atoms with E-state index >= 15 is 0 Å². The molecule has 0 aliphatic carbocycles. The fraction of sp³-hybridized carbons (Fsp3) is 0.538. The lowest BCUT2D eigenvalue weighted by atomic mass is 10.1. The zero-order valence-corrected chi connectivity index (χ0v) is 12.0. The van der Waals surface area contributed by atoms with E-state index in [1.54, 1.807) is 7.11 Å². The molecule has 1 fully saturated rings. The quantitative estimate of drug-likeness (QED) is 0.928. The molecule has 0 unspecified atom stereocenters. The van der Waals surface area contributed by atoms with E-state index in [2.05, 4.69) is 39.3 Å². The van der Waals surface area contributed by atoms with E-state index in [0.717, 1.165) is 29.0 Å². The van der Waals surface area contributed by atoms with Crippen molar-refractivity contribution in [3.63, 3.8) is 0 Å². The highest BCUT2D eigenvalue weighted by atomic mass is 79.9. The first kappa shape index (κ1) is 12.7. The van der Waals surface area contributed by atoms with E-state index < -0.39 is 0 Å². The summed E-state index contributed by atoms with van der Waals surface area (Å²) < 4.78 is 6.45. The third-order valence-electron chi connectivity index (χ3n) is 3.24. The van der Waals surface area contributed by atoms with Crippen molar-refractivity contribution < 1.29 is 4.74 Å². The van der Waals surface area contributed by atoms with Gasteiger partial charge in [0.15, 0.2) is 0 Å². The maximum Gasteiger partial charge on any atom is 0.142 e. The van der Waals surface area contributed by atoms with Crippen LogP contribution in [0, 0.1) is 0 Å². The summed E-state index contributed by atoms with van der Waals surface area (Å²) in [5, 5.41) is 3.58. The first-order valence-electron chi connectivity index (χ1n) is 5.97. The Morgan fingerprint density at radius 2 is 2.06 bits per heavy atom. The molecule has 1 aromatic carbocycles. The summed E-state index contributed by atoms with van der Waals surface area (Å²) in [5.74, 6) is 0.909. The van der Waals surface area contributed by atoms with Crippen LogP contribution in [0.1, 0.15) is 12.8 Å². The van der Waals surface area contributed by atoms with Crippen LogP contribution in [0.25, 0.3) is 0 Å². The van der Waals surface area contributed by atoms with Crippen LogP contribution < -0.4 is 10.1 Å². The highest BCUT2D eigenvalue weighted by molar-refractivity contribution is 9.10. The van der Waals surface area contributed by atoms with Gasteiger partial charge in [0.05, 0.1) is 12.8 Å². The summed E-state index contributed by atoms with van der Waals surface area (Å²) >= 11 is 3.50. The second-order valence-electron chi connectivity index (χ2n) is 4.57. The summed E-state index contributed by atoms with van der Waals surface area (Å²) in [6.07, 6.45) is 2.37. The summed E-state index contributed by atoms with van der Waals surface area (Å²) in [6, 6.07) is 6.62. The third kappa shape index (κ3) is 3.36. The normalized spacial score (nSPS) is 18.1. The van der Waals surface area contributed by atoms with E-state index in [-0.39, 0.29) is 0 Å². The van der Waals surface area contributed by atoms with Crippen molar-refractivity contribution >= 4 is 21.6 Å². The monoisotopic (exact) mass is 298 g/mol. The summed E-state index contributed by atoms with van der Waals surface area (Å²) in [4.78, 5) is 2.37. The lowest BCUT2D eigenvalue weighted by Crippen LogP contribution is -2.36. The van der Waals surface area contributed by atoms with Gasteiger partial charge in [-0.3, -0.25) is 0 Å². The number of hydrogen-bond acceptors (Lipinski definition) is 3. The Bertz CT molecular complexity index is 376. The average molecular weight is 299 g/mol. The number of halogens is 1. The second-order valence-corrected chi connectivity index (χ2v) is 5.48. The number of hydrogen-bond donors (Lipinski definition) is 1. The Morgan fingerprint density at radius 1 is 1.35 bits per heavy atom. The molecule has 1 aliphatic heterocycles. The number of nitrogens with one attached hydrogen (secondary N) is 1. The molecule has 1 aliphatic rings. The molecule has 1 N–H and O–H groups in total. The van der Waals surface area contributed by atoms with Gasteiger partial charge in [0, 0.05) is 10.5 Å². The predicted molar refractivity (Wildman–Crippen MR) is 74.8 cm³/mol. The molecule has 0 spiro atoms. The smallest absolute Gasteiger partial charge is 0.142 e. The first-order chi connectivity index (χ1) is 8.19. The van der Waals surface area contributed by atoms with Gasteiger partial charge in [0.1, 0.15) is 5.75 Å². The van der Waals surface area contributed by atoms with Crippen molar-refractivity contribution in [3.05, 3.63) is 22.7 Å². The van der Waals surface area contributed by atoms with Gasteiger partial charge in [-0.1, -0.05) is 15.9 Å². The molecule has 0 amide bonds. The Kier molecular flexibility index (Phi) is 4.29. The molecular formula is C13H19BrN2O. The molecular weight excluding hydrogens is 280 g/mol.